The summed E-state index contributed by atoms with van der Waals surface area (Å²) in [6, 6.07) is 6.78. The van der Waals surface area contributed by atoms with Crippen LogP contribution in [0.3, 0.4) is 0 Å². The predicted molar refractivity (Wildman–Crippen MR) is 69.6 cm³/mol. The molecule has 0 radical (unpaired) electrons. The Morgan fingerprint density at radius 3 is 2.47 bits per heavy atom. The lowest BCUT2D eigenvalue weighted by molar-refractivity contribution is 0.295. The molecule has 1 aromatic carbocycles. The highest BCUT2D eigenvalue weighted by atomic mass is 15.4. The Labute approximate surface area is 103 Å². The molecule has 17 heavy (non-hydrogen) atoms. The van der Waals surface area contributed by atoms with E-state index >= 15 is 0 Å². The summed E-state index contributed by atoms with van der Waals surface area (Å²) in [6.45, 7) is 6.33. The largest absolute Gasteiger partial charge is 0.369 e. The Kier molecular flexibility index (Phi) is 2.78. The Morgan fingerprint density at radius 1 is 1.00 bits per heavy atom. The topological polar surface area (TPSA) is 35.7 Å². The molecule has 4 nitrogen and oxygen atoms in total. The lowest BCUT2D eigenvalue weighted by Gasteiger charge is -2.34. The molecule has 2 heterocycles. The number of nitrogens with zero attached hydrogens (tertiary/aromatic N) is 3. The second kappa shape index (κ2) is 4.29. The van der Waals surface area contributed by atoms with Crippen LogP contribution in [0.2, 0.25) is 0 Å². The zero-order chi connectivity index (χ0) is 11.8. The number of anilines is 1. The van der Waals surface area contributed by atoms with Gasteiger partial charge in [-0.3, -0.25) is 5.84 Å². The van der Waals surface area contributed by atoms with Crippen molar-refractivity contribution >= 4 is 5.69 Å². The van der Waals surface area contributed by atoms with E-state index in [0.717, 1.165) is 39.3 Å². The van der Waals surface area contributed by atoms with Crippen molar-refractivity contribution in [3.63, 3.8) is 0 Å². The van der Waals surface area contributed by atoms with Crippen molar-refractivity contribution in [3.8, 4) is 0 Å². The summed E-state index contributed by atoms with van der Waals surface area (Å²) >= 11 is 0. The summed E-state index contributed by atoms with van der Waals surface area (Å²) in [6.07, 6.45) is 0. The second-order valence-electron chi connectivity index (χ2n) is 5.15. The maximum Gasteiger partial charge on any atom is 0.0387 e. The highest BCUT2D eigenvalue weighted by Crippen LogP contribution is 2.26. The van der Waals surface area contributed by atoms with Gasteiger partial charge in [0.15, 0.2) is 0 Å². The van der Waals surface area contributed by atoms with Gasteiger partial charge in [-0.15, -0.1) is 0 Å². The van der Waals surface area contributed by atoms with Gasteiger partial charge < -0.3 is 9.80 Å². The van der Waals surface area contributed by atoms with Crippen LogP contribution in [0.15, 0.2) is 18.2 Å². The van der Waals surface area contributed by atoms with Crippen molar-refractivity contribution < 1.29 is 0 Å². The molecule has 1 fully saturated rings. The summed E-state index contributed by atoms with van der Waals surface area (Å²) < 4.78 is 0. The number of benzene rings is 1. The first-order chi connectivity index (χ1) is 8.22. The quantitative estimate of drug-likeness (QED) is 0.720. The minimum atomic E-state index is 0.886. The van der Waals surface area contributed by atoms with E-state index in [2.05, 4.69) is 35.0 Å². The lowest BCUT2D eigenvalue weighted by Crippen LogP contribution is -2.44. The van der Waals surface area contributed by atoms with Gasteiger partial charge in [0.1, 0.15) is 0 Å². The Morgan fingerprint density at radius 2 is 1.71 bits per heavy atom. The summed E-state index contributed by atoms with van der Waals surface area (Å²) in [5.74, 6) is 5.84. The molecule has 2 aliphatic rings. The van der Waals surface area contributed by atoms with Crippen LogP contribution in [0, 0.1) is 0 Å². The molecule has 3 rings (SSSR count). The van der Waals surface area contributed by atoms with Gasteiger partial charge in [-0.1, -0.05) is 6.07 Å². The molecule has 1 saturated heterocycles. The molecule has 4 heteroatoms. The molecule has 0 saturated carbocycles. The molecule has 0 amide bonds. The fourth-order valence-corrected chi connectivity index (χ4v) is 2.67. The lowest BCUT2D eigenvalue weighted by atomic mass is 10.1. The highest BCUT2D eigenvalue weighted by Gasteiger charge is 2.19. The molecule has 0 spiro atoms. The second-order valence-corrected chi connectivity index (χ2v) is 5.15. The van der Waals surface area contributed by atoms with Crippen LogP contribution in [0.1, 0.15) is 11.1 Å². The van der Waals surface area contributed by atoms with E-state index in [1.165, 1.54) is 16.8 Å². The van der Waals surface area contributed by atoms with E-state index in [1.807, 2.05) is 5.01 Å². The van der Waals surface area contributed by atoms with Crippen LogP contribution in [-0.2, 0) is 13.1 Å². The number of hydrogen-bond acceptors (Lipinski definition) is 4. The summed E-state index contributed by atoms with van der Waals surface area (Å²) in [5.41, 5.74) is 4.13. The smallest absolute Gasteiger partial charge is 0.0387 e. The molecule has 92 valence electrons. The van der Waals surface area contributed by atoms with Crippen molar-refractivity contribution in [3.05, 3.63) is 29.3 Å². The van der Waals surface area contributed by atoms with Crippen LogP contribution in [0.25, 0.3) is 0 Å². The van der Waals surface area contributed by atoms with Gasteiger partial charge in [0.2, 0.25) is 0 Å². The van der Waals surface area contributed by atoms with E-state index in [4.69, 9.17) is 5.84 Å². The summed E-state index contributed by atoms with van der Waals surface area (Å²) in [4.78, 5) is 4.85. The fourth-order valence-electron chi connectivity index (χ4n) is 2.67. The Balaban J connectivity index is 1.78. The molecular weight excluding hydrogens is 212 g/mol. The number of hydrogen-bond donors (Lipinski definition) is 1. The van der Waals surface area contributed by atoms with Crippen molar-refractivity contribution in [1.82, 2.24) is 9.91 Å². The summed E-state index contributed by atoms with van der Waals surface area (Å²) in [7, 11) is 2.19. The van der Waals surface area contributed by atoms with Crippen LogP contribution >= 0.6 is 0 Å². The monoisotopic (exact) mass is 232 g/mol. The molecule has 2 aliphatic heterocycles. The van der Waals surface area contributed by atoms with Gasteiger partial charge in [0.05, 0.1) is 0 Å². The number of fused-ring (bicyclic) bond motifs is 1. The molecule has 2 N–H and O–H groups in total. The van der Waals surface area contributed by atoms with Crippen LogP contribution in [0.5, 0.6) is 0 Å². The number of likely N-dealkylation sites (N-methyl/N-ethyl adjacent to an activating group) is 1. The molecule has 0 aromatic heterocycles. The van der Waals surface area contributed by atoms with E-state index in [9.17, 15) is 0 Å². The van der Waals surface area contributed by atoms with Gasteiger partial charge in [0.25, 0.3) is 0 Å². The molecule has 0 bridgehead atoms. The average Bonchev–Trinajstić information content (AvgIpc) is 2.69. The van der Waals surface area contributed by atoms with Gasteiger partial charge in [-0.2, -0.15) is 0 Å². The van der Waals surface area contributed by atoms with Gasteiger partial charge in [-0.25, -0.2) is 5.01 Å². The third-order valence-corrected chi connectivity index (χ3v) is 3.81. The maximum atomic E-state index is 5.84. The minimum Gasteiger partial charge on any atom is -0.369 e. The van der Waals surface area contributed by atoms with Crippen molar-refractivity contribution in [2.75, 3.05) is 38.1 Å². The molecule has 1 aromatic rings. The fraction of sp³-hybridized carbons (Fsp3) is 0.538. The van der Waals surface area contributed by atoms with Crippen molar-refractivity contribution in [2.24, 2.45) is 5.84 Å². The van der Waals surface area contributed by atoms with E-state index in [0.29, 0.717) is 0 Å². The first kappa shape index (κ1) is 11.0. The standard InChI is InChI=1S/C13H20N4/c1-15-4-6-16(7-5-15)13-3-2-11-9-17(14)10-12(11)8-13/h2-3,8H,4-7,9-10,14H2,1H3. The third-order valence-electron chi connectivity index (χ3n) is 3.81. The van der Waals surface area contributed by atoms with E-state index in [1.54, 1.807) is 0 Å². The third kappa shape index (κ3) is 2.16. The Bertz CT molecular complexity index is 410. The zero-order valence-electron chi connectivity index (χ0n) is 10.4. The van der Waals surface area contributed by atoms with E-state index in [-0.39, 0.29) is 0 Å². The number of rotatable bonds is 1. The van der Waals surface area contributed by atoms with E-state index < -0.39 is 0 Å². The van der Waals surface area contributed by atoms with Gasteiger partial charge >= 0.3 is 0 Å². The van der Waals surface area contributed by atoms with Crippen LogP contribution in [0.4, 0.5) is 5.69 Å². The summed E-state index contributed by atoms with van der Waals surface area (Å²) in [5, 5.41) is 1.87. The highest BCUT2D eigenvalue weighted by molar-refractivity contribution is 5.52. The van der Waals surface area contributed by atoms with Crippen molar-refractivity contribution in [1.29, 1.82) is 0 Å². The molecule has 0 atom stereocenters. The maximum absolute atomic E-state index is 5.84. The first-order valence-electron chi connectivity index (χ1n) is 6.27. The molecule has 0 aliphatic carbocycles. The SMILES string of the molecule is CN1CCN(c2ccc3c(c2)CN(N)C3)CC1. The number of nitrogens with two attached hydrogens (primary N) is 1. The van der Waals surface area contributed by atoms with Crippen molar-refractivity contribution in [2.45, 2.75) is 13.1 Å². The minimum absolute atomic E-state index is 0.886. The zero-order valence-corrected chi connectivity index (χ0v) is 10.4. The molecular formula is C13H20N4. The van der Waals surface area contributed by atoms with Crippen LogP contribution < -0.4 is 10.7 Å². The first-order valence-corrected chi connectivity index (χ1v) is 6.27. The van der Waals surface area contributed by atoms with Gasteiger partial charge in [-0.05, 0) is 30.3 Å². The van der Waals surface area contributed by atoms with Crippen LogP contribution in [-0.4, -0.2) is 43.1 Å². The number of piperazine rings is 1. The Hall–Kier alpha value is -1.10. The predicted octanol–water partition coefficient (Wildman–Crippen LogP) is 0.628. The molecule has 0 unspecified atom stereocenters. The number of hydrazine groups is 1. The van der Waals surface area contributed by atoms with Gasteiger partial charge in [0, 0.05) is 45.0 Å². The average molecular weight is 232 g/mol. The normalized spacial score (nSPS) is 21.9.